The molecular weight excluding hydrogens is 216 g/mol. The number of carbonyl (C=O) groups is 1. The van der Waals surface area contributed by atoms with Crippen molar-refractivity contribution in [2.75, 3.05) is 32.8 Å². The topological polar surface area (TPSA) is 32.8 Å². The Morgan fingerprint density at radius 3 is 2.41 bits per heavy atom. The molecule has 17 heavy (non-hydrogen) atoms. The van der Waals surface area contributed by atoms with Gasteiger partial charge < -0.3 is 14.5 Å². The molecule has 0 atom stereocenters. The number of rotatable bonds is 0. The van der Waals surface area contributed by atoms with Crippen molar-refractivity contribution in [3.05, 3.63) is 0 Å². The fraction of sp³-hybridized carbons (Fsp3) is 0.923. The number of hydrogen-bond acceptors (Lipinski definition) is 2. The monoisotopic (exact) mass is 240 g/mol. The highest BCUT2D eigenvalue weighted by molar-refractivity contribution is 5.74. The van der Waals surface area contributed by atoms with Crippen LogP contribution in [0.4, 0.5) is 4.79 Å². The predicted molar refractivity (Wildman–Crippen MR) is 67.0 cm³/mol. The minimum absolute atomic E-state index is 0.197. The summed E-state index contributed by atoms with van der Waals surface area (Å²) in [5.74, 6) is 0.764. The highest BCUT2D eigenvalue weighted by Crippen LogP contribution is 2.21. The van der Waals surface area contributed by atoms with E-state index in [9.17, 15) is 4.79 Å². The number of ether oxygens (including phenoxy) is 1. The molecule has 2 aliphatic heterocycles. The van der Waals surface area contributed by atoms with Crippen LogP contribution in [0.3, 0.4) is 0 Å². The third-order valence-electron chi connectivity index (χ3n) is 3.75. The van der Waals surface area contributed by atoms with E-state index >= 15 is 0 Å². The second kappa shape index (κ2) is 4.84. The molecule has 2 fully saturated rings. The second-order valence-corrected chi connectivity index (χ2v) is 5.98. The van der Waals surface area contributed by atoms with E-state index < -0.39 is 0 Å². The molecule has 0 unspecified atom stereocenters. The maximum atomic E-state index is 12.3. The Balaban J connectivity index is 1.91. The van der Waals surface area contributed by atoms with Crippen molar-refractivity contribution < 1.29 is 9.53 Å². The summed E-state index contributed by atoms with van der Waals surface area (Å²) in [6, 6.07) is 0.202. The van der Waals surface area contributed by atoms with Gasteiger partial charge >= 0.3 is 6.03 Å². The average molecular weight is 240 g/mol. The number of morpholine rings is 1. The van der Waals surface area contributed by atoms with E-state index in [0.717, 1.165) is 38.4 Å². The molecule has 2 aliphatic rings. The molecule has 2 heterocycles. The molecule has 98 valence electrons. The Hall–Kier alpha value is -0.770. The first-order valence-electron chi connectivity index (χ1n) is 6.66. The number of urea groups is 1. The van der Waals surface area contributed by atoms with Gasteiger partial charge in [0.25, 0.3) is 0 Å². The van der Waals surface area contributed by atoms with Crippen molar-refractivity contribution in [2.45, 2.75) is 39.2 Å². The van der Waals surface area contributed by atoms with Crippen molar-refractivity contribution in [2.24, 2.45) is 5.92 Å². The first kappa shape index (κ1) is 12.7. The highest BCUT2D eigenvalue weighted by atomic mass is 16.5. The maximum absolute atomic E-state index is 12.3. The van der Waals surface area contributed by atoms with Gasteiger partial charge in [0.15, 0.2) is 0 Å². The normalized spacial score (nSPS) is 26.1. The molecule has 0 bridgehead atoms. The number of amides is 2. The molecule has 2 saturated heterocycles. The number of hydrogen-bond donors (Lipinski definition) is 0. The average Bonchev–Trinajstić information content (AvgIpc) is 2.28. The highest BCUT2D eigenvalue weighted by Gasteiger charge is 2.32. The zero-order valence-electron chi connectivity index (χ0n) is 11.2. The van der Waals surface area contributed by atoms with E-state index in [0.29, 0.717) is 13.2 Å². The van der Waals surface area contributed by atoms with Gasteiger partial charge in [-0.2, -0.15) is 0 Å². The van der Waals surface area contributed by atoms with Crippen molar-refractivity contribution in [3.8, 4) is 0 Å². The Kier molecular flexibility index (Phi) is 3.61. The number of nitrogens with zero attached hydrogens (tertiary/aromatic N) is 2. The van der Waals surface area contributed by atoms with Crippen LogP contribution in [0.15, 0.2) is 0 Å². The molecular formula is C13H24N2O2. The predicted octanol–water partition coefficient (Wildman–Crippen LogP) is 1.95. The lowest BCUT2D eigenvalue weighted by Gasteiger charge is -2.41. The van der Waals surface area contributed by atoms with Gasteiger partial charge in [-0.3, -0.25) is 0 Å². The standard InChI is InChI=1S/C13H24N2O2/c1-11-4-6-14(7-5-11)12(16)15-8-9-17-13(2,3)10-15/h11H,4-10H2,1-3H3. The summed E-state index contributed by atoms with van der Waals surface area (Å²) in [5, 5.41) is 0. The van der Waals surface area contributed by atoms with Crippen molar-refractivity contribution >= 4 is 6.03 Å². The fourth-order valence-electron chi connectivity index (χ4n) is 2.58. The van der Waals surface area contributed by atoms with E-state index in [2.05, 4.69) is 6.92 Å². The van der Waals surface area contributed by atoms with Crippen LogP contribution in [0.1, 0.15) is 33.6 Å². The Bertz CT molecular complexity index is 283. The van der Waals surface area contributed by atoms with E-state index in [-0.39, 0.29) is 11.6 Å². The molecule has 4 nitrogen and oxygen atoms in total. The van der Waals surface area contributed by atoms with Crippen LogP contribution in [0.2, 0.25) is 0 Å². The van der Waals surface area contributed by atoms with Crippen LogP contribution in [-0.4, -0.2) is 54.2 Å². The summed E-state index contributed by atoms with van der Waals surface area (Å²) >= 11 is 0. The molecule has 0 aromatic carbocycles. The Labute approximate surface area is 104 Å². The zero-order chi connectivity index (χ0) is 12.5. The minimum atomic E-state index is -0.197. The van der Waals surface area contributed by atoms with Crippen LogP contribution in [0, 0.1) is 5.92 Å². The molecule has 0 radical (unpaired) electrons. The molecule has 2 amide bonds. The molecule has 0 aromatic rings. The summed E-state index contributed by atoms with van der Waals surface area (Å²) < 4.78 is 5.64. The molecule has 2 rings (SSSR count). The fourth-order valence-corrected chi connectivity index (χ4v) is 2.58. The van der Waals surface area contributed by atoms with E-state index in [4.69, 9.17) is 4.74 Å². The number of piperidine rings is 1. The molecule has 0 N–H and O–H groups in total. The van der Waals surface area contributed by atoms with Crippen molar-refractivity contribution in [3.63, 3.8) is 0 Å². The first-order chi connectivity index (χ1) is 7.98. The molecule has 0 aliphatic carbocycles. The second-order valence-electron chi connectivity index (χ2n) is 5.98. The summed E-state index contributed by atoms with van der Waals surface area (Å²) in [6.07, 6.45) is 2.28. The van der Waals surface area contributed by atoms with Crippen molar-refractivity contribution in [1.29, 1.82) is 0 Å². The van der Waals surface area contributed by atoms with Gasteiger partial charge in [-0.05, 0) is 32.6 Å². The Morgan fingerprint density at radius 1 is 1.18 bits per heavy atom. The third-order valence-corrected chi connectivity index (χ3v) is 3.75. The summed E-state index contributed by atoms with van der Waals surface area (Å²) in [4.78, 5) is 16.3. The maximum Gasteiger partial charge on any atom is 0.320 e. The minimum Gasteiger partial charge on any atom is -0.372 e. The van der Waals surface area contributed by atoms with Crippen LogP contribution < -0.4 is 0 Å². The van der Waals surface area contributed by atoms with Crippen LogP contribution >= 0.6 is 0 Å². The zero-order valence-corrected chi connectivity index (χ0v) is 11.2. The van der Waals surface area contributed by atoms with Crippen LogP contribution in [0.25, 0.3) is 0 Å². The molecule has 0 aromatic heterocycles. The molecule has 0 spiro atoms. The molecule has 0 saturated carbocycles. The molecule has 4 heteroatoms. The van der Waals surface area contributed by atoms with Gasteiger partial charge in [0, 0.05) is 19.6 Å². The number of carbonyl (C=O) groups excluding carboxylic acids is 1. The van der Waals surface area contributed by atoms with E-state index in [1.165, 1.54) is 0 Å². The van der Waals surface area contributed by atoms with Gasteiger partial charge in [0.2, 0.25) is 0 Å². The SMILES string of the molecule is CC1CCN(C(=O)N2CCOC(C)(C)C2)CC1. The quantitative estimate of drug-likeness (QED) is 0.648. The van der Waals surface area contributed by atoms with Crippen LogP contribution in [0.5, 0.6) is 0 Å². The number of likely N-dealkylation sites (tertiary alicyclic amines) is 1. The van der Waals surface area contributed by atoms with E-state index in [1.807, 2.05) is 23.6 Å². The summed E-state index contributed by atoms with van der Waals surface area (Å²) in [5.41, 5.74) is -0.197. The lowest BCUT2D eigenvalue weighted by atomic mass is 9.99. The van der Waals surface area contributed by atoms with Gasteiger partial charge in [-0.15, -0.1) is 0 Å². The Morgan fingerprint density at radius 2 is 1.82 bits per heavy atom. The lowest BCUT2D eigenvalue weighted by Crippen LogP contribution is -2.55. The smallest absolute Gasteiger partial charge is 0.320 e. The summed E-state index contributed by atoms with van der Waals surface area (Å²) in [7, 11) is 0. The van der Waals surface area contributed by atoms with Crippen molar-refractivity contribution in [1.82, 2.24) is 9.80 Å². The van der Waals surface area contributed by atoms with Gasteiger partial charge in [-0.25, -0.2) is 4.79 Å². The van der Waals surface area contributed by atoms with Gasteiger partial charge in [0.1, 0.15) is 0 Å². The summed E-state index contributed by atoms with van der Waals surface area (Å²) in [6.45, 7) is 10.3. The largest absolute Gasteiger partial charge is 0.372 e. The third kappa shape index (κ3) is 3.12. The van der Waals surface area contributed by atoms with E-state index in [1.54, 1.807) is 0 Å². The first-order valence-corrected chi connectivity index (χ1v) is 6.66. The lowest BCUT2D eigenvalue weighted by molar-refractivity contribution is -0.0769. The van der Waals surface area contributed by atoms with Crippen LogP contribution in [-0.2, 0) is 4.74 Å². The van der Waals surface area contributed by atoms with Gasteiger partial charge in [-0.1, -0.05) is 6.92 Å². The van der Waals surface area contributed by atoms with Gasteiger partial charge in [0.05, 0.1) is 18.8 Å².